The van der Waals surface area contributed by atoms with Crippen LogP contribution < -0.4 is 5.73 Å². The molecule has 0 spiro atoms. The van der Waals surface area contributed by atoms with Crippen LogP contribution in [0.2, 0.25) is 0 Å². The highest BCUT2D eigenvalue weighted by Gasteiger charge is 2.41. The lowest BCUT2D eigenvalue weighted by Crippen LogP contribution is -2.23. The van der Waals surface area contributed by atoms with Crippen LogP contribution in [0.25, 0.3) is 0 Å². The van der Waals surface area contributed by atoms with Gasteiger partial charge < -0.3 is 5.73 Å². The minimum absolute atomic E-state index is 0.0925. The molecule has 1 amide bonds. The fourth-order valence-corrected chi connectivity index (χ4v) is 1.02. The summed E-state index contributed by atoms with van der Waals surface area (Å²) in [5.41, 5.74) is 1.77. The lowest BCUT2D eigenvalue weighted by molar-refractivity contribution is -0.145. The second kappa shape index (κ2) is 4.02. The van der Waals surface area contributed by atoms with Gasteiger partial charge in [-0.25, -0.2) is 13.5 Å². The predicted molar refractivity (Wildman–Crippen MR) is 39.5 cm³/mol. The molecule has 0 radical (unpaired) electrons. The number of carbonyl (C=O) groups excluding carboxylic acids is 1. The summed E-state index contributed by atoms with van der Waals surface area (Å²) in [6, 6.07) is 0. The summed E-state index contributed by atoms with van der Waals surface area (Å²) in [6.07, 6.45) is -8.08. The van der Waals surface area contributed by atoms with Gasteiger partial charge in [0.2, 0.25) is 0 Å². The molecule has 1 aromatic heterocycles. The molecular formula is C6H5F5N4O. The van der Waals surface area contributed by atoms with Crippen molar-refractivity contribution in [1.29, 1.82) is 0 Å². The van der Waals surface area contributed by atoms with E-state index in [1.165, 1.54) is 0 Å². The van der Waals surface area contributed by atoms with E-state index in [1.54, 1.807) is 0 Å². The van der Waals surface area contributed by atoms with Crippen LogP contribution in [0.1, 0.15) is 16.2 Å². The van der Waals surface area contributed by atoms with Gasteiger partial charge in [-0.3, -0.25) is 4.79 Å². The number of rotatable bonds is 3. The van der Waals surface area contributed by atoms with Crippen molar-refractivity contribution in [3.63, 3.8) is 0 Å². The molecule has 0 aliphatic heterocycles. The molecule has 0 saturated carbocycles. The third-order valence-corrected chi connectivity index (χ3v) is 1.55. The van der Waals surface area contributed by atoms with Gasteiger partial charge in [-0.1, -0.05) is 5.21 Å². The molecule has 0 unspecified atom stereocenters. The van der Waals surface area contributed by atoms with E-state index in [4.69, 9.17) is 0 Å². The zero-order valence-corrected chi connectivity index (χ0v) is 7.50. The van der Waals surface area contributed by atoms with Crippen molar-refractivity contribution in [2.45, 2.75) is 19.1 Å². The van der Waals surface area contributed by atoms with Gasteiger partial charge in [0.25, 0.3) is 12.3 Å². The van der Waals surface area contributed by atoms with Gasteiger partial charge >= 0.3 is 6.18 Å². The van der Waals surface area contributed by atoms with E-state index in [0.29, 0.717) is 0 Å². The minimum atomic E-state index is -5.03. The van der Waals surface area contributed by atoms with Crippen molar-refractivity contribution >= 4 is 5.91 Å². The number of hydrogen-bond donors (Lipinski definition) is 1. The Balaban J connectivity index is 3.25. The molecule has 0 atom stereocenters. The van der Waals surface area contributed by atoms with Crippen LogP contribution in [-0.4, -0.2) is 27.3 Å². The second-order valence-electron chi connectivity index (χ2n) is 2.72. The van der Waals surface area contributed by atoms with Crippen molar-refractivity contribution < 1.29 is 26.7 Å². The Bertz CT molecular complexity index is 398. The van der Waals surface area contributed by atoms with Crippen LogP contribution >= 0.6 is 0 Å². The standard InChI is InChI=1S/C6H5F5N4O/c7-2(8)1-15-4(6(9,10)11)3(5(12)16)13-14-15/h2H,1H2,(H2,12,16). The molecule has 10 heteroatoms. The number of carbonyl (C=O) groups is 1. The normalized spacial score (nSPS) is 12.1. The lowest BCUT2D eigenvalue weighted by Gasteiger charge is -2.09. The van der Waals surface area contributed by atoms with E-state index in [2.05, 4.69) is 16.0 Å². The Morgan fingerprint density at radius 3 is 2.38 bits per heavy atom. The first-order valence-electron chi connectivity index (χ1n) is 3.82. The van der Waals surface area contributed by atoms with Crippen molar-refractivity contribution in [3.8, 4) is 0 Å². The summed E-state index contributed by atoms with van der Waals surface area (Å²) in [5, 5.41) is 5.63. The maximum absolute atomic E-state index is 12.4. The zero-order valence-electron chi connectivity index (χ0n) is 7.50. The number of nitrogens with zero attached hydrogens (tertiary/aromatic N) is 3. The van der Waals surface area contributed by atoms with E-state index >= 15 is 0 Å². The van der Waals surface area contributed by atoms with Crippen LogP contribution in [-0.2, 0) is 12.7 Å². The van der Waals surface area contributed by atoms with E-state index in [1.807, 2.05) is 0 Å². The molecule has 0 aliphatic carbocycles. The summed E-state index contributed by atoms with van der Waals surface area (Å²) >= 11 is 0. The molecule has 1 heterocycles. The summed E-state index contributed by atoms with van der Waals surface area (Å²) in [4.78, 5) is 10.6. The molecule has 16 heavy (non-hydrogen) atoms. The van der Waals surface area contributed by atoms with Crippen LogP contribution in [0, 0.1) is 0 Å². The first-order chi connectivity index (χ1) is 7.23. The molecule has 1 aromatic rings. The monoisotopic (exact) mass is 244 g/mol. The topological polar surface area (TPSA) is 73.8 Å². The zero-order chi connectivity index (χ0) is 12.5. The molecular weight excluding hydrogens is 239 g/mol. The number of amides is 1. The number of hydrogen-bond acceptors (Lipinski definition) is 3. The fraction of sp³-hybridized carbons (Fsp3) is 0.500. The molecule has 0 aromatic carbocycles. The molecule has 5 nitrogen and oxygen atoms in total. The van der Waals surface area contributed by atoms with E-state index < -0.39 is 36.4 Å². The van der Waals surface area contributed by atoms with Crippen molar-refractivity contribution in [3.05, 3.63) is 11.4 Å². The lowest BCUT2D eigenvalue weighted by atomic mass is 10.3. The van der Waals surface area contributed by atoms with Gasteiger partial charge in [-0.15, -0.1) is 5.10 Å². The van der Waals surface area contributed by atoms with E-state index in [9.17, 15) is 26.7 Å². The number of aromatic nitrogens is 3. The average molecular weight is 244 g/mol. The molecule has 0 bridgehead atoms. The average Bonchev–Trinajstić information content (AvgIpc) is 2.45. The quantitative estimate of drug-likeness (QED) is 0.793. The molecule has 0 fully saturated rings. The third-order valence-electron chi connectivity index (χ3n) is 1.55. The SMILES string of the molecule is NC(=O)c1nnn(CC(F)F)c1C(F)(F)F. The van der Waals surface area contributed by atoms with Gasteiger partial charge in [0.1, 0.15) is 6.54 Å². The summed E-state index contributed by atoms with van der Waals surface area (Å²) < 4.78 is 61.0. The van der Waals surface area contributed by atoms with Crippen LogP contribution in [0.5, 0.6) is 0 Å². The van der Waals surface area contributed by atoms with Crippen LogP contribution in [0.15, 0.2) is 0 Å². The van der Waals surface area contributed by atoms with Gasteiger partial charge in [0.05, 0.1) is 0 Å². The van der Waals surface area contributed by atoms with Crippen molar-refractivity contribution in [2.75, 3.05) is 0 Å². The van der Waals surface area contributed by atoms with E-state index in [0.717, 1.165) is 0 Å². The minimum Gasteiger partial charge on any atom is -0.364 e. The van der Waals surface area contributed by atoms with E-state index in [-0.39, 0.29) is 4.68 Å². The highest BCUT2D eigenvalue weighted by molar-refractivity contribution is 5.91. The summed E-state index contributed by atoms with van der Waals surface area (Å²) in [5.74, 6) is -1.48. The van der Waals surface area contributed by atoms with Crippen molar-refractivity contribution in [1.82, 2.24) is 15.0 Å². The van der Waals surface area contributed by atoms with Gasteiger partial charge in [0.15, 0.2) is 11.4 Å². The maximum Gasteiger partial charge on any atom is 0.435 e. The maximum atomic E-state index is 12.4. The van der Waals surface area contributed by atoms with Crippen LogP contribution in [0.3, 0.4) is 0 Å². The molecule has 90 valence electrons. The molecule has 0 saturated heterocycles. The fourth-order valence-electron chi connectivity index (χ4n) is 1.02. The Morgan fingerprint density at radius 1 is 1.44 bits per heavy atom. The Labute approximate surface area is 85.0 Å². The molecule has 0 aliphatic rings. The van der Waals surface area contributed by atoms with Crippen molar-refractivity contribution in [2.24, 2.45) is 5.73 Å². The highest BCUT2D eigenvalue weighted by atomic mass is 19.4. The van der Waals surface area contributed by atoms with Crippen LogP contribution in [0.4, 0.5) is 22.0 Å². The summed E-state index contributed by atoms with van der Waals surface area (Å²) in [7, 11) is 0. The Kier molecular flexibility index (Phi) is 3.10. The summed E-state index contributed by atoms with van der Waals surface area (Å²) in [6.45, 7) is -1.31. The first kappa shape index (κ1) is 12.3. The number of alkyl halides is 5. The number of nitrogens with two attached hydrogens (primary N) is 1. The third kappa shape index (κ3) is 2.44. The Hall–Kier alpha value is -1.74. The largest absolute Gasteiger partial charge is 0.435 e. The number of primary amides is 1. The predicted octanol–water partition coefficient (Wildman–Crippen LogP) is 0.661. The van der Waals surface area contributed by atoms with Gasteiger partial charge in [-0.2, -0.15) is 13.2 Å². The Morgan fingerprint density at radius 2 is 2.00 bits per heavy atom. The second-order valence-corrected chi connectivity index (χ2v) is 2.72. The molecule has 2 N–H and O–H groups in total. The first-order valence-corrected chi connectivity index (χ1v) is 3.82. The highest BCUT2D eigenvalue weighted by Crippen LogP contribution is 2.31. The van der Waals surface area contributed by atoms with Gasteiger partial charge in [0, 0.05) is 0 Å². The molecule has 1 rings (SSSR count). The number of halogens is 5. The smallest absolute Gasteiger partial charge is 0.364 e. The van der Waals surface area contributed by atoms with Gasteiger partial charge in [-0.05, 0) is 0 Å².